The van der Waals surface area contributed by atoms with Gasteiger partial charge in [0.05, 0.1) is 18.3 Å². The fourth-order valence-corrected chi connectivity index (χ4v) is 4.00. The van der Waals surface area contributed by atoms with E-state index in [2.05, 4.69) is 30.6 Å². The molecule has 0 spiro atoms. The zero-order valence-electron chi connectivity index (χ0n) is 14.1. The molecule has 21 heavy (non-hydrogen) atoms. The zero-order chi connectivity index (χ0) is 15.2. The van der Waals surface area contributed by atoms with Gasteiger partial charge in [-0.05, 0) is 39.7 Å². The van der Waals surface area contributed by atoms with E-state index in [0.717, 1.165) is 32.7 Å². The Hall–Kier alpha value is -0.160. The van der Waals surface area contributed by atoms with Crippen LogP contribution in [0.3, 0.4) is 0 Å². The van der Waals surface area contributed by atoms with Gasteiger partial charge in [0, 0.05) is 32.2 Å². The number of likely N-dealkylation sites (tertiary alicyclic amines) is 1. The van der Waals surface area contributed by atoms with E-state index in [0.29, 0.717) is 6.04 Å². The lowest BCUT2D eigenvalue weighted by molar-refractivity contribution is -0.0786. The van der Waals surface area contributed by atoms with E-state index in [4.69, 9.17) is 4.74 Å². The lowest BCUT2D eigenvalue weighted by atomic mass is 10.1. The number of hydrogen-bond acceptors (Lipinski definition) is 4. The van der Waals surface area contributed by atoms with E-state index in [1.165, 1.54) is 32.1 Å². The van der Waals surface area contributed by atoms with Crippen LogP contribution in [0.5, 0.6) is 0 Å². The van der Waals surface area contributed by atoms with E-state index in [1.807, 2.05) is 0 Å². The van der Waals surface area contributed by atoms with Crippen molar-refractivity contribution in [3.63, 3.8) is 0 Å². The summed E-state index contributed by atoms with van der Waals surface area (Å²) in [6, 6.07) is 0.671. The first kappa shape index (κ1) is 17.2. The summed E-state index contributed by atoms with van der Waals surface area (Å²) in [4.78, 5) is 4.90. The van der Waals surface area contributed by atoms with Crippen LogP contribution in [0.15, 0.2) is 0 Å². The minimum atomic E-state index is -0.241. The second-order valence-electron chi connectivity index (χ2n) is 7.04. The fourth-order valence-electron chi connectivity index (χ4n) is 4.00. The molecule has 0 aromatic rings. The van der Waals surface area contributed by atoms with Crippen molar-refractivity contribution < 1.29 is 9.84 Å². The summed E-state index contributed by atoms with van der Waals surface area (Å²) in [6.45, 7) is 11.2. The molecule has 0 bridgehead atoms. The van der Waals surface area contributed by atoms with Gasteiger partial charge in [0.15, 0.2) is 0 Å². The van der Waals surface area contributed by atoms with Gasteiger partial charge in [0.2, 0.25) is 0 Å². The highest BCUT2D eigenvalue weighted by Crippen LogP contribution is 2.19. The Kier molecular flexibility index (Phi) is 6.93. The third-order valence-corrected chi connectivity index (χ3v) is 4.88. The molecule has 0 aromatic carbocycles. The van der Waals surface area contributed by atoms with E-state index in [1.54, 1.807) is 0 Å². The third kappa shape index (κ3) is 5.51. The summed E-state index contributed by atoms with van der Waals surface area (Å²) in [7, 11) is 0. The molecule has 2 fully saturated rings. The Bertz CT molecular complexity index is 291. The molecule has 2 aliphatic heterocycles. The molecule has 124 valence electrons. The molecule has 0 saturated carbocycles. The largest absolute Gasteiger partial charge is 0.390 e. The normalized spacial score (nSPS) is 34.6. The average Bonchev–Trinajstić information content (AvgIpc) is 2.62. The Morgan fingerprint density at radius 3 is 2.48 bits per heavy atom. The van der Waals surface area contributed by atoms with Crippen LogP contribution < -0.4 is 0 Å². The molecule has 0 aromatic heterocycles. The number of nitrogens with zero attached hydrogens (tertiary/aromatic N) is 2. The highest BCUT2D eigenvalue weighted by atomic mass is 16.5. The molecular formula is C17H34N2O2. The molecule has 0 amide bonds. The maximum Gasteiger partial charge on any atom is 0.0793 e. The Morgan fingerprint density at radius 1 is 1.10 bits per heavy atom. The number of ether oxygens (including phenoxy) is 1. The molecule has 0 aliphatic carbocycles. The summed E-state index contributed by atoms with van der Waals surface area (Å²) in [6.07, 6.45) is 6.81. The van der Waals surface area contributed by atoms with Gasteiger partial charge in [0.25, 0.3) is 0 Å². The lowest BCUT2D eigenvalue weighted by Gasteiger charge is -2.37. The van der Waals surface area contributed by atoms with Gasteiger partial charge < -0.3 is 9.84 Å². The molecule has 2 aliphatic rings. The van der Waals surface area contributed by atoms with Crippen molar-refractivity contribution in [1.29, 1.82) is 0 Å². The first-order valence-electron chi connectivity index (χ1n) is 8.88. The van der Waals surface area contributed by atoms with Crippen LogP contribution in [0.2, 0.25) is 0 Å². The van der Waals surface area contributed by atoms with Gasteiger partial charge in [-0.25, -0.2) is 0 Å². The van der Waals surface area contributed by atoms with Crippen LogP contribution in [0.4, 0.5) is 0 Å². The average molecular weight is 298 g/mol. The van der Waals surface area contributed by atoms with Crippen molar-refractivity contribution in [2.75, 3.05) is 32.7 Å². The van der Waals surface area contributed by atoms with Crippen LogP contribution in [0.25, 0.3) is 0 Å². The number of hydrogen-bond donors (Lipinski definition) is 1. The predicted octanol–water partition coefficient (Wildman–Crippen LogP) is 2.11. The van der Waals surface area contributed by atoms with Crippen molar-refractivity contribution in [3.8, 4) is 0 Å². The third-order valence-electron chi connectivity index (χ3n) is 4.88. The quantitative estimate of drug-likeness (QED) is 0.843. The topological polar surface area (TPSA) is 35.9 Å². The van der Waals surface area contributed by atoms with E-state index in [9.17, 15) is 5.11 Å². The molecule has 2 rings (SSSR count). The molecule has 1 N–H and O–H groups in total. The van der Waals surface area contributed by atoms with Crippen LogP contribution >= 0.6 is 0 Å². The maximum atomic E-state index is 10.5. The number of morpholine rings is 1. The summed E-state index contributed by atoms with van der Waals surface area (Å²) < 4.78 is 5.77. The molecule has 0 radical (unpaired) electrons. The first-order chi connectivity index (χ1) is 10.1. The molecular weight excluding hydrogens is 264 g/mol. The first-order valence-corrected chi connectivity index (χ1v) is 8.88. The second kappa shape index (κ2) is 8.47. The standard InChI is InChI=1S/C17H34N2O2/c1-4-16-8-6-5-7-9-19(16)13-17(20)12-18-10-14(2)21-15(3)11-18/h14-17,20H,4-13H2,1-3H3. The van der Waals surface area contributed by atoms with Gasteiger partial charge >= 0.3 is 0 Å². The minimum Gasteiger partial charge on any atom is -0.390 e. The lowest BCUT2D eigenvalue weighted by Crippen LogP contribution is -2.50. The Balaban J connectivity index is 1.80. The van der Waals surface area contributed by atoms with Gasteiger partial charge in [0.1, 0.15) is 0 Å². The van der Waals surface area contributed by atoms with Crippen molar-refractivity contribution in [2.45, 2.75) is 77.2 Å². The van der Waals surface area contributed by atoms with Crippen molar-refractivity contribution in [3.05, 3.63) is 0 Å². The summed E-state index contributed by atoms with van der Waals surface area (Å²) in [5.41, 5.74) is 0. The molecule has 4 atom stereocenters. The van der Waals surface area contributed by atoms with Gasteiger partial charge in [-0.2, -0.15) is 0 Å². The Labute approximate surface area is 130 Å². The smallest absolute Gasteiger partial charge is 0.0793 e. The monoisotopic (exact) mass is 298 g/mol. The van der Waals surface area contributed by atoms with Crippen molar-refractivity contribution in [1.82, 2.24) is 9.80 Å². The van der Waals surface area contributed by atoms with Gasteiger partial charge in [-0.3, -0.25) is 9.80 Å². The fraction of sp³-hybridized carbons (Fsp3) is 1.00. The zero-order valence-corrected chi connectivity index (χ0v) is 14.1. The van der Waals surface area contributed by atoms with Gasteiger partial charge in [-0.15, -0.1) is 0 Å². The molecule has 2 heterocycles. The summed E-state index contributed by atoms with van der Waals surface area (Å²) in [5, 5.41) is 10.5. The number of β-amino-alcohol motifs (C(OH)–C–C–N with tert-alkyl or cyclic N) is 1. The van der Waals surface area contributed by atoms with Crippen molar-refractivity contribution in [2.24, 2.45) is 0 Å². The van der Waals surface area contributed by atoms with Crippen LogP contribution in [0.1, 0.15) is 52.9 Å². The van der Waals surface area contributed by atoms with Crippen LogP contribution in [0, 0.1) is 0 Å². The molecule has 4 nitrogen and oxygen atoms in total. The molecule has 2 saturated heterocycles. The number of rotatable bonds is 5. The molecule has 4 unspecified atom stereocenters. The van der Waals surface area contributed by atoms with E-state index >= 15 is 0 Å². The SMILES string of the molecule is CCC1CCCCCN1CC(O)CN1CC(C)OC(C)C1. The van der Waals surface area contributed by atoms with Crippen molar-refractivity contribution >= 4 is 0 Å². The second-order valence-corrected chi connectivity index (χ2v) is 7.04. The van der Waals surface area contributed by atoms with Crippen LogP contribution in [-0.2, 0) is 4.74 Å². The van der Waals surface area contributed by atoms with Crippen LogP contribution in [-0.4, -0.2) is 72.0 Å². The van der Waals surface area contributed by atoms with Gasteiger partial charge in [-0.1, -0.05) is 19.8 Å². The Morgan fingerprint density at radius 2 is 1.81 bits per heavy atom. The van der Waals surface area contributed by atoms with E-state index in [-0.39, 0.29) is 18.3 Å². The predicted molar refractivity (Wildman–Crippen MR) is 86.6 cm³/mol. The highest BCUT2D eigenvalue weighted by Gasteiger charge is 2.26. The van der Waals surface area contributed by atoms with E-state index < -0.39 is 0 Å². The summed E-state index contributed by atoms with van der Waals surface area (Å²) in [5.74, 6) is 0. The number of aliphatic hydroxyl groups excluding tert-OH is 1. The maximum absolute atomic E-state index is 10.5. The molecule has 4 heteroatoms. The highest BCUT2D eigenvalue weighted by molar-refractivity contribution is 4.80. The summed E-state index contributed by atoms with van der Waals surface area (Å²) >= 11 is 0. The minimum absolute atomic E-state index is 0.241. The number of aliphatic hydroxyl groups is 1.